The fourth-order valence-corrected chi connectivity index (χ4v) is 2.37. The first-order chi connectivity index (χ1) is 7.74. The highest BCUT2D eigenvalue weighted by atomic mass is 32.1. The third-order valence-corrected chi connectivity index (χ3v) is 3.27. The number of hydrogen-bond donors (Lipinski definition) is 1. The van der Waals surface area contributed by atoms with E-state index in [2.05, 4.69) is 4.98 Å². The Kier molecular flexibility index (Phi) is 3.22. The summed E-state index contributed by atoms with van der Waals surface area (Å²) in [6.45, 7) is 2.00. The van der Waals surface area contributed by atoms with E-state index in [1.54, 1.807) is 7.11 Å². The van der Waals surface area contributed by atoms with Gasteiger partial charge in [0.2, 0.25) is 0 Å². The largest absolute Gasteiger partial charge is 0.497 e. The van der Waals surface area contributed by atoms with Crippen LogP contribution in [0.15, 0.2) is 24.3 Å². The van der Waals surface area contributed by atoms with Gasteiger partial charge in [0.05, 0.1) is 19.4 Å². The second-order valence-corrected chi connectivity index (χ2v) is 4.69. The number of aromatic nitrogens is 1. The lowest BCUT2D eigenvalue weighted by atomic mass is 10.1. The van der Waals surface area contributed by atoms with Gasteiger partial charge < -0.3 is 9.84 Å². The first kappa shape index (κ1) is 11.1. The van der Waals surface area contributed by atoms with E-state index in [1.165, 1.54) is 11.3 Å². The summed E-state index contributed by atoms with van der Waals surface area (Å²) in [4.78, 5) is 5.50. The molecule has 0 saturated heterocycles. The van der Waals surface area contributed by atoms with Crippen molar-refractivity contribution < 1.29 is 9.84 Å². The van der Waals surface area contributed by atoms with E-state index in [9.17, 15) is 0 Å². The Hall–Kier alpha value is -1.39. The Morgan fingerprint density at radius 3 is 2.88 bits per heavy atom. The van der Waals surface area contributed by atoms with Crippen molar-refractivity contribution in [3.63, 3.8) is 0 Å². The van der Waals surface area contributed by atoms with Gasteiger partial charge in [0.25, 0.3) is 0 Å². The molecule has 0 aliphatic carbocycles. The average Bonchev–Trinajstić information content (AvgIpc) is 2.71. The monoisotopic (exact) mass is 235 g/mol. The molecule has 16 heavy (non-hydrogen) atoms. The lowest BCUT2D eigenvalue weighted by Crippen LogP contribution is -1.86. The van der Waals surface area contributed by atoms with Gasteiger partial charge in [0, 0.05) is 10.4 Å². The molecular formula is C12H13NO2S. The third-order valence-electron chi connectivity index (χ3n) is 2.32. The van der Waals surface area contributed by atoms with Crippen LogP contribution in [0.3, 0.4) is 0 Å². The molecule has 2 aromatic rings. The molecule has 0 unspecified atom stereocenters. The number of methoxy groups -OCH3 is 1. The van der Waals surface area contributed by atoms with Crippen molar-refractivity contribution in [3.8, 4) is 17.0 Å². The Morgan fingerprint density at radius 2 is 2.25 bits per heavy atom. The average molecular weight is 235 g/mol. The van der Waals surface area contributed by atoms with Crippen molar-refractivity contribution in [2.45, 2.75) is 13.5 Å². The maximum atomic E-state index is 9.05. The molecule has 1 aromatic carbocycles. The van der Waals surface area contributed by atoms with Gasteiger partial charge in [-0.05, 0) is 19.1 Å². The Balaban J connectivity index is 2.45. The van der Waals surface area contributed by atoms with Crippen LogP contribution in [0.2, 0.25) is 0 Å². The van der Waals surface area contributed by atoms with Gasteiger partial charge in [0.1, 0.15) is 10.8 Å². The van der Waals surface area contributed by atoms with Crippen LogP contribution in [-0.4, -0.2) is 17.2 Å². The molecule has 0 radical (unpaired) electrons. The maximum Gasteiger partial charge on any atom is 0.119 e. The molecule has 0 aliphatic heterocycles. The van der Waals surface area contributed by atoms with Crippen molar-refractivity contribution in [2.24, 2.45) is 0 Å². The number of hydrogen-bond acceptors (Lipinski definition) is 4. The second kappa shape index (κ2) is 4.63. The molecule has 0 aliphatic rings. The molecule has 1 N–H and O–H groups in total. The molecule has 1 heterocycles. The van der Waals surface area contributed by atoms with Crippen LogP contribution in [0.25, 0.3) is 11.3 Å². The van der Waals surface area contributed by atoms with E-state index in [0.717, 1.165) is 26.9 Å². The fraction of sp³-hybridized carbons (Fsp3) is 0.250. The molecule has 0 amide bonds. The molecule has 0 spiro atoms. The molecule has 3 nitrogen and oxygen atoms in total. The number of benzene rings is 1. The Morgan fingerprint density at radius 1 is 1.44 bits per heavy atom. The normalized spacial score (nSPS) is 10.4. The van der Waals surface area contributed by atoms with E-state index in [-0.39, 0.29) is 6.61 Å². The van der Waals surface area contributed by atoms with Gasteiger partial charge in [-0.1, -0.05) is 12.1 Å². The molecular weight excluding hydrogens is 222 g/mol. The number of ether oxygens (including phenoxy) is 1. The van der Waals surface area contributed by atoms with E-state index in [0.29, 0.717) is 0 Å². The van der Waals surface area contributed by atoms with Crippen LogP contribution in [0.5, 0.6) is 5.75 Å². The SMILES string of the molecule is COc1cccc(-c2nc(CO)sc2C)c1. The predicted molar refractivity (Wildman–Crippen MR) is 64.8 cm³/mol. The number of aliphatic hydroxyl groups is 1. The zero-order chi connectivity index (χ0) is 11.5. The zero-order valence-electron chi connectivity index (χ0n) is 9.23. The standard InChI is InChI=1S/C12H13NO2S/c1-8-12(13-11(7-14)16-8)9-4-3-5-10(6-9)15-2/h3-6,14H,7H2,1-2H3. The molecule has 4 heteroatoms. The molecule has 1 aromatic heterocycles. The highest BCUT2D eigenvalue weighted by molar-refractivity contribution is 7.12. The summed E-state index contributed by atoms with van der Waals surface area (Å²) in [6, 6.07) is 7.78. The van der Waals surface area contributed by atoms with Gasteiger partial charge in [-0.3, -0.25) is 0 Å². The van der Waals surface area contributed by atoms with E-state index >= 15 is 0 Å². The molecule has 0 fully saturated rings. The Bertz CT molecular complexity index is 494. The second-order valence-electron chi connectivity index (χ2n) is 3.40. The molecule has 84 valence electrons. The first-order valence-electron chi connectivity index (χ1n) is 4.96. The number of aryl methyl sites for hydroxylation is 1. The van der Waals surface area contributed by atoms with Crippen molar-refractivity contribution in [3.05, 3.63) is 34.2 Å². The van der Waals surface area contributed by atoms with Crippen molar-refractivity contribution >= 4 is 11.3 Å². The predicted octanol–water partition coefficient (Wildman–Crippen LogP) is 2.62. The summed E-state index contributed by atoms with van der Waals surface area (Å²) in [5.74, 6) is 0.815. The first-order valence-corrected chi connectivity index (χ1v) is 5.78. The smallest absolute Gasteiger partial charge is 0.119 e. The van der Waals surface area contributed by atoms with Crippen LogP contribution < -0.4 is 4.74 Å². The molecule has 2 rings (SSSR count). The van der Waals surface area contributed by atoms with Gasteiger partial charge in [0.15, 0.2) is 0 Å². The van der Waals surface area contributed by atoms with Crippen LogP contribution in [-0.2, 0) is 6.61 Å². The molecule has 0 bridgehead atoms. The van der Waals surface area contributed by atoms with Crippen LogP contribution >= 0.6 is 11.3 Å². The minimum Gasteiger partial charge on any atom is -0.497 e. The van der Waals surface area contributed by atoms with Gasteiger partial charge in [-0.15, -0.1) is 11.3 Å². The molecule has 0 atom stereocenters. The number of nitrogens with zero attached hydrogens (tertiary/aromatic N) is 1. The van der Waals surface area contributed by atoms with Crippen molar-refractivity contribution in [1.82, 2.24) is 4.98 Å². The molecule has 0 saturated carbocycles. The van der Waals surface area contributed by atoms with Crippen LogP contribution in [0.1, 0.15) is 9.88 Å². The summed E-state index contributed by atoms with van der Waals surface area (Å²) in [6.07, 6.45) is 0. The zero-order valence-corrected chi connectivity index (χ0v) is 10.0. The van der Waals surface area contributed by atoms with Crippen LogP contribution in [0.4, 0.5) is 0 Å². The highest BCUT2D eigenvalue weighted by Crippen LogP contribution is 2.29. The Labute approximate surface area is 98.4 Å². The topological polar surface area (TPSA) is 42.4 Å². The van der Waals surface area contributed by atoms with Gasteiger partial charge in [-0.2, -0.15) is 0 Å². The number of aliphatic hydroxyl groups excluding tert-OH is 1. The fourth-order valence-electron chi connectivity index (χ4n) is 1.56. The minimum atomic E-state index is -0.00449. The lowest BCUT2D eigenvalue weighted by Gasteiger charge is -2.02. The third kappa shape index (κ3) is 2.08. The number of thiazole rings is 1. The summed E-state index contributed by atoms with van der Waals surface area (Å²) >= 11 is 1.52. The summed E-state index contributed by atoms with van der Waals surface area (Å²) in [7, 11) is 1.65. The summed E-state index contributed by atoms with van der Waals surface area (Å²) < 4.78 is 5.18. The lowest BCUT2D eigenvalue weighted by molar-refractivity contribution is 0.281. The quantitative estimate of drug-likeness (QED) is 0.889. The summed E-state index contributed by atoms with van der Waals surface area (Å²) in [5, 5.41) is 9.79. The van der Waals surface area contributed by atoms with E-state index < -0.39 is 0 Å². The van der Waals surface area contributed by atoms with Gasteiger partial charge >= 0.3 is 0 Å². The number of rotatable bonds is 3. The minimum absolute atomic E-state index is 0.00449. The van der Waals surface area contributed by atoms with E-state index in [1.807, 2.05) is 31.2 Å². The van der Waals surface area contributed by atoms with Crippen molar-refractivity contribution in [1.29, 1.82) is 0 Å². The van der Waals surface area contributed by atoms with Crippen molar-refractivity contribution in [2.75, 3.05) is 7.11 Å². The van der Waals surface area contributed by atoms with Crippen LogP contribution in [0, 0.1) is 6.92 Å². The van der Waals surface area contributed by atoms with Gasteiger partial charge in [-0.25, -0.2) is 4.98 Å². The van der Waals surface area contributed by atoms with E-state index in [4.69, 9.17) is 9.84 Å². The maximum absolute atomic E-state index is 9.05. The highest BCUT2D eigenvalue weighted by Gasteiger charge is 2.09. The summed E-state index contributed by atoms with van der Waals surface area (Å²) in [5.41, 5.74) is 1.95.